The molecule has 28 heavy (non-hydrogen) atoms. The Hall–Kier alpha value is -2.55. The normalized spacial score (nSPS) is 11.9. The van der Waals surface area contributed by atoms with E-state index in [1.807, 2.05) is 13.0 Å². The number of aryl methyl sites for hydroxylation is 1. The summed E-state index contributed by atoms with van der Waals surface area (Å²) in [5.41, 5.74) is 0.584. The van der Waals surface area contributed by atoms with Crippen molar-refractivity contribution in [1.82, 2.24) is 0 Å². The molecule has 1 amide bonds. The quantitative estimate of drug-likeness (QED) is 0.739. The number of anilines is 2. The first-order valence-corrected chi connectivity index (χ1v) is 10.3. The molecule has 0 spiro atoms. The number of carbonyl (C=O) groups is 1. The van der Waals surface area contributed by atoms with Crippen molar-refractivity contribution in [2.24, 2.45) is 0 Å². The van der Waals surface area contributed by atoms with Crippen LogP contribution in [0.3, 0.4) is 0 Å². The van der Waals surface area contributed by atoms with Crippen molar-refractivity contribution in [3.8, 4) is 0 Å². The number of hydrogen-bond donors (Lipinski definition) is 1. The van der Waals surface area contributed by atoms with Crippen LogP contribution < -0.4 is 9.62 Å². The Morgan fingerprint density at radius 3 is 2.39 bits per heavy atom. The molecule has 0 radical (unpaired) electrons. The van der Waals surface area contributed by atoms with Crippen LogP contribution in [-0.4, -0.2) is 27.1 Å². The van der Waals surface area contributed by atoms with Gasteiger partial charge in [0.25, 0.3) is 0 Å². The molecule has 2 rings (SSSR count). The number of alkyl halides is 3. The zero-order valence-electron chi connectivity index (χ0n) is 15.5. The van der Waals surface area contributed by atoms with E-state index in [2.05, 4.69) is 5.32 Å². The van der Waals surface area contributed by atoms with E-state index in [9.17, 15) is 26.4 Å². The number of hydrogen-bond acceptors (Lipinski definition) is 3. The van der Waals surface area contributed by atoms with E-state index in [1.165, 1.54) is 6.07 Å². The fraction of sp³-hybridized carbons (Fsp3) is 0.316. The van der Waals surface area contributed by atoms with E-state index in [4.69, 9.17) is 0 Å². The molecule has 0 saturated heterocycles. The molecule has 1 N–H and O–H groups in total. The number of nitrogens with one attached hydrogen (secondary N) is 1. The lowest BCUT2D eigenvalue weighted by atomic mass is 10.2. The lowest BCUT2D eigenvalue weighted by Gasteiger charge is -2.23. The summed E-state index contributed by atoms with van der Waals surface area (Å²) in [4.78, 5) is 12.0. The molecule has 5 nitrogen and oxygen atoms in total. The minimum absolute atomic E-state index is 0.0267. The van der Waals surface area contributed by atoms with Gasteiger partial charge in [-0.2, -0.15) is 13.2 Å². The Bertz CT molecular complexity index is 943. The van der Waals surface area contributed by atoms with E-state index in [-0.39, 0.29) is 31.0 Å². The highest BCUT2D eigenvalue weighted by molar-refractivity contribution is 7.92. The van der Waals surface area contributed by atoms with Crippen LogP contribution in [0.1, 0.15) is 24.0 Å². The molecule has 152 valence electrons. The summed E-state index contributed by atoms with van der Waals surface area (Å²) in [7, 11) is -3.81. The van der Waals surface area contributed by atoms with Crippen LogP contribution >= 0.6 is 0 Å². The van der Waals surface area contributed by atoms with Gasteiger partial charge < -0.3 is 5.32 Å². The van der Waals surface area contributed by atoms with E-state index in [0.717, 1.165) is 34.3 Å². The third-order valence-corrected chi connectivity index (χ3v) is 5.12. The Morgan fingerprint density at radius 1 is 1.11 bits per heavy atom. The summed E-state index contributed by atoms with van der Waals surface area (Å²) in [6.45, 7) is 1.77. The van der Waals surface area contributed by atoms with Crippen molar-refractivity contribution < 1.29 is 26.4 Å². The molecule has 0 aromatic heterocycles. The van der Waals surface area contributed by atoms with Crippen molar-refractivity contribution >= 4 is 27.3 Å². The van der Waals surface area contributed by atoms with Crippen molar-refractivity contribution in [2.45, 2.75) is 25.9 Å². The summed E-state index contributed by atoms with van der Waals surface area (Å²) >= 11 is 0. The highest BCUT2D eigenvalue weighted by Crippen LogP contribution is 2.32. The summed E-state index contributed by atoms with van der Waals surface area (Å²) in [5.74, 6) is -0.303. The number of nitrogens with zero attached hydrogens (tertiary/aromatic N) is 1. The Balaban J connectivity index is 2.05. The van der Waals surface area contributed by atoms with Crippen LogP contribution in [0.2, 0.25) is 0 Å². The summed E-state index contributed by atoms with van der Waals surface area (Å²) < 4.78 is 63.7. The minimum atomic E-state index is -4.58. The summed E-state index contributed by atoms with van der Waals surface area (Å²) in [6.07, 6.45) is -3.48. The second-order valence-corrected chi connectivity index (χ2v) is 8.31. The Morgan fingerprint density at radius 2 is 1.79 bits per heavy atom. The molecular formula is C19H21F3N2O3S. The number of amides is 1. The predicted octanol–water partition coefficient (Wildman–Crippen LogP) is 4.20. The van der Waals surface area contributed by atoms with Crippen LogP contribution in [0.15, 0.2) is 48.5 Å². The lowest BCUT2D eigenvalue weighted by molar-refractivity contribution is -0.137. The molecule has 2 aromatic carbocycles. The van der Waals surface area contributed by atoms with E-state index in [0.29, 0.717) is 5.69 Å². The van der Waals surface area contributed by atoms with Gasteiger partial charge >= 0.3 is 6.18 Å². The molecule has 2 aromatic rings. The first-order chi connectivity index (χ1) is 13.0. The van der Waals surface area contributed by atoms with Crippen LogP contribution in [0.5, 0.6) is 0 Å². The number of benzene rings is 2. The highest BCUT2D eigenvalue weighted by atomic mass is 32.2. The first-order valence-electron chi connectivity index (χ1n) is 8.48. The molecular weight excluding hydrogens is 393 g/mol. The van der Waals surface area contributed by atoms with Gasteiger partial charge in [-0.05, 0) is 49.2 Å². The van der Waals surface area contributed by atoms with Crippen LogP contribution in [0.25, 0.3) is 0 Å². The van der Waals surface area contributed by atoms with Crippen LogP contribution in [0, 0.1) is 6.92 Å². The monoisotopic (exact) mass is 414 g/mol. The standard InChI is InChI=1S/C19H21F3N2O3S/c1-14-6-3-8-16(12-14)23-18(25)10-5-11-24(28(2,26)27)17-9-4-7-15(13-17)19(20,21)22/h3-4,6-9,12-13H,5,10-11H2,1-2H3,(H,23,25). The maximum absolute atomic E-state index is 12.9. The van der Waals surface area contributed by atoms with Gasteiger partial charge in [0.15, 0.2) is 0 Å². The van der Waals surface area contributed by atoms with Crippen LogP contribution in [-0.2, 0) is 21.0 Å². The second kappa shape index (κ2) is 8.64. The van der Waals surface area contributed by atoms with E-state index >= 15 is 0 Å². The van der Waals surface area contributed by atoms with Crippen LogP contribution in [0.4, 0.5) is 24.5 Å². The van der Waals surface area contributed by atoms with Gasteiger partial charge in [-0.3, -0.25) is 9.10 Å². The fourth-order valence-electron chi connectivity index (χ4n) is 2.65. The number of halogens is 3. The molecule has 0 aliphatic carbocycles. The number of carbonyl (C=O) groups excluding carboxylic acids is 1. The average molecular weight is 414 g/mol. The number of rotatable bonds is 7. The molecule has 0 aliphatic rings. The smallest absolute Gasteiger partial charge is 0.326 e. The fourth-order valence-corrected chi connectivity index (χ4v) is 3.61. The van der Waals surface area contributed by atoms with Crippen molar-refractivity contribution in [3.63, 3.8) is 0 Å². The van der Waals surface area contributed by atoms with E-state index < -0.39 is 21.8 Å². The topological polar surface area (TPSA) is 66.5 Å². The Labute approximate surface area is 162 Å². The van der Waals surface area contributed by atoms with Gasteiger partial charge in [0.05, 0.1) is 17.5 Å². The lowest BCUT2D eigenvalue weighted by Crippen LogP contribution is -2.31. The molecule has 0 saturated carbocycles. The van der Waals surface area contributed by atoms with Crippen molar-refractivity contribution in [1.29, 1.82) is 0 Å². The van der Waals surface area contributed by atoms with Gasteiger partial charge in [0.2, 0.25) is 15.9 Å². The third-order valence-electron chi connectivity index (χ3n) is 3.93. The Kier molecular flexibility index (Phi) is 6.71. The maximum atomic E-state index is 12.9. The highest BCUT2D eigenvalue weighted by Gasteiger charge is 2.31. The minimum Gasteiger partial charge on any atom is -0.326 e. The second-order valence-electron chi connectivity index (χ2n) is 6.40. The largest absolute Gasteiger partial charge is 0.416 e. The van der Waals surface area contributed by atoms with Gasteiger partial charge in [0, 0.05) is 18.7 Å². The molecule has 0 bridgehead atoms. The molecule has 9 heteroatoms. The van der Waals surface area contributed by atoms with Crippen molar-refractivity contribution in [2.75, 3.05) is 22.4 Å². The molecule has 0 atom stereocenters. The third kappa shape index (κ3) is 6.26. The SMILES string of the molecule is Cc1cccc(NC(=O)CCCN(c2cccc(C(F)(F)F)c2)S(C)(=O)=O)c1. The van der Waals surface area contributed by atoms with Gasteiger partial charge in [0.1, 0.15) is 0 Å². The zero-order chi connectivity index (χ0) is 20.9. The zero-order valence-corrected chi connectivity index (χ0v) is 16.3. The molecule has 0 aliphatic heterocycles. The molecule has 0 fully saturated rings. The maximum Gasteiger partial charge on any atom is 0.416 e. The number of sulfonamides is 1. The van der Waals surface area contributed by atoms with Gasteiger partial charge in [-0.1, -0.05) is 18.2 Å². The summed E-state index contributed by atoms with van der Waals surface area (Å²) in [6, 6.07) is 11.3. The van der Waals surface area contributed by atoms with Crippen molar-refractivity contribution in [3.05, 3.63) is 59.7 Å². The summed E-state index contributed by atoms with van der Waals surface area (Å²) in [5, 5.41) is 2.71. The predicted molar refractivity (Wildman–Crippen MR) is 103 cm³/mol. The molecule has 0 unspecified atom stereocenters. The van der Waals surface area contributed by atoms with E-state index in [1.54, 1.807) is 18.2 Å². The van der Waals surface area contributed by atoms with Gasteiger partial charge in [-0.25, -0.2) is 8.42 Å². The average Bonchev–Trinajstić information content (AvgIpc) is 2.57. The first kappa shape index (κ1) is 21.7. The molecule has 0 heterocycles. The van der Waals surface area contributed by atoms with Gasteiger partial charge in [-0.15, -0.1) is 0 Å².